The second-order valence-corrected chi connectivity index (χ2v) is 6.92. The number of nitrogens with zero attached hydrogens (tertiary/aromatic N) is 2. The molecule has 2 heterocycles. The van der Waals surface area contributed by atoms with Crippen LogP contribution in [-0.4, -0.2) is 46.8 Å². The second-order valence-electron chi connectivity index (χ2n) is 6.92. The third-order valence-electron chi connectivity index (χ3n) is 5.59. The van der Waals surface area contributed by atoms with Gasteiger partial charge in [-0.05, 0) is 37.3 Å². The minimum Gasteiger partial charge on any atom is -0.464 e. The molecule has 0 bridgehead atoms. The van der Waals surface area contributed by atoms with Crippen molar-refractivity contribution < 1.29 is 14.6 Å². The Bertz CT molecular complexity index is 577. The van der Waals surface area contributed by atoms with E-state index in [2.05, 4.69) is 16.8 Å². The highest BCUT2D eigenvalue weighted by molar-refractivity contribution is 5.87. The number of likely N-dealkylation sites (tertiary alicyclic amines) is 1. The van der Waals surface area contributed by atoms with E-state index < -0.39 is 11.6 Å². The normalized spacial score (nSPS) is 30.9. The fourth-order valence-electron chi connectivity index (χ4n) is 4.30. The number of carbonyl (C=O) groups is 1. The summed E-state index contributed by atoms with van der Waals surface area (Å²) in [4.78, 5) is 18.4. The van der Waals surface area contributed by atoms with Crippen LogP contribution in [0.25, 0.3) is 0 Å². The van der Waals surface area contributed by atoms with Gasteiger partial charge in [0.25, 0.3) is 0 Å². The van der Waals surface area contributed by atoms with E-state index in [0.717, 1.165) is 44.6 Å². The van der Waals surface area contributed by atoms with Crippen LogP contribution in [0.2, 0.25) is 0 Å². The van der Waals surface area contributed by atoms with Gasteiger partial charge in [-0.15, -0.1) is 0 Å². The summed E-state index contributed by atoms with van der Waals surface area (Å²) in [6, 6.07) is 5.47. The molecule has 0 amide bonds. The highest BCUT2D eigenvalue weighted by Gasteiger charge is 2.47. The van der Waals surface area contributed by atoms with Gasteiger partial charge >= 0.3 is 5.97 Å². The lowest BCUT2D eigenvalue weighted by Crippen LogP contribution is -2.44. The highest BCUT2D eigenvalue weighted by Crippen LogP contribution is 2.44. The Labute approximate surface area is 137 Å². The van der Waals surface area contributed by atoms with E-state index in [4.69, 9.17) is 4.74 Å². The molecule has 0 spiro atoms. The van der Waals surface area contributed by atoms with Gasteiger partial charge in [-0.1, -0.05) is 19.4 Å². The Morgan fingerprint density at radius 2 is 2.30 bits per heavy atom. The summed E-state index contributed by atoms with van der Waals surface area (Å²) in [5.74, 6) is 0.546. The molecule has 3 atom stereocenters. The molecule has 1 aliphatic heterocycles. The molecule has 2 fully saturated rings. The molecule has 1 aromatic rings. The predicted molar refractivity (Wildman–Crippen MR) is 86.9 cm³/mol. The number of rotatable bonds is 4. The Morgan fingerprint density at radius 1 is 1.48 bits per heavy atom. The maximum Gasteiger partial charge on any atom is 0.356 e. The SMILES string of the molecule is CC[C@]1(O)CCC[C@H]2CN(Cc3cccc(C(=O)OC)n3)C[C@H]21. The molecule has 0 aromatic carbocycles. The van der Waals surface area contributed by atoms with Crippen LogP contribution >= 0.6 is 0 Å². The minimum absolute atomic E-state index is 0.353. The number of esters is 1. The molecule has 3 rings (SSSR count). The molecule has 23 heavy (non-hydrogen) atoms. The van der Waals surface area contributed by atoms with Crippen molar-refractivity contribution in [3.8, 4) is 0 Å². The second kappa shape index (κ2) is 6.57. The van der Waals surface area contributed by atoms with E-state index in [0.29, 0.717) is 17.5 Å². The van der Waals surface area contributed by atoms with Crippen molar-refractivity contribution in [1.82, 2.24) is 9.88 Å². The number of hydrogen-bond donors (Lipinski definition) is 1. The lowest BCUT2D eigenvalue weighted by atomic mass is 9.69. The van der Waals surface area contributed by atoms with Gasteiger partial charge in [-0.2, -0.15) is 0 Å². The van der Waals surface area contributed by atoms with Crippen LogP contribution in [0.4, 0.5) is 0 Å². The molecular formula is C18H26N2O3. The number of carbonyl (C=O) groups excluding carboxylic acids is 1. The number of methoxy groups -OCH3 is 1. The number of fused-ring (bicyclic) bond motifs is 1. The minimum atomic E-state index is -0.501. The van der Waals surface area contributed by atoms with Crippen LogP contribution in [0.15, 0.2) is 18.2 Å². The Kier molecular flexibility index (Phi) is 4.69. The molecular weight excluding hydrogens is 292 g/mol. The zero-order chi connectivity index (χ0) is 16.4. The summed E-state index contributed by atoms with van der Waals surface area (Å²) in [5, 5.41) is 10.9. The molecule has 1 aromatic heterocycles. The van der Waals surface area contributed by atoms with E-state index in [1.165, 1.54) is 13.5 Å². The molecule has 5 heteroatoms. The first-order valence-corrected chi connectivity index (χ1v) is 8.54. The van der Waals surface area contributed by atoms with Crippen LogP contribution in [0.3, 0.4) is 0 Å². The standard InChI is InChI=1S/C18H26N2O3/c1-3-18(22)9-5-6-13-10-20(12-15(13)18)11-14-7-4-8-16(19-14)17(21)23-2/h4,7-8,13,15,22H,3,5-6,9-12H2,1-2H3/t13-,15+,18-/m0/s1. The summed E-state index contributed by atoms with van der Waals surface area (Å²) in [6.07, 6.45) is 4.08. The number of aliphatic hydroxyl groups is 1. The molecule has 126 valence electrons. The van der Waals surface area contributed by atoms with Gasteiger partial charge in [-0.25, -0.2) is 9.78 Å². The maximum absolute atomic E-state index is 11.6. The zero-order valence-corrected chi connectivity index (χ0v) is 14.0. The molecule has 1 N–H and O–H groups in total. The van der Waals surface area contributed by atoms with E-state index in [9.17, 15) is 9.90 Å². The fraction of sp³-hybridized carbons (Fsp3) is 0.667. The maximum atomic E-state index is 11.6. The predicted octanol–water partition coefficient (Wildman–Crippen LogP) is 2.24. The Balaban J connectivity index is 1.69. The van der Waals surface area contributed by atoms with E-state index in [-0.39, 0.29) is 0 Å². The van der Waals surface area contributed by atoms with E-state index >= 15 is 0 Å². The van der Waals surface area contributed by atoms with Crippen LogP contribution in [0, 0.1) is 11.8 Å². The summed E-state index contributed by atoms with van der Waals surface area (Å²) in [7, 11) is 1.37. The number of ether oxygens (including phenoxy) is 1. The first kappa shape index (κ1) is 16.4. The van der Waals surface area contributed by atoms with Gasteiger partial charge < -0.3 is 9.84 Å². The fourth-order valence-corrected chi connectivity index (χ4v) is 4.30. The number of pyridine rings is 1. The molecule has 0 radical (unpaired) electrons. The number of aromatic nitrogens is 1. The van der Waals surface area contributed by atoms with Crippen LogP contribution < -0.4 is 0 Å². The lowest BCUT2D eigenvalue weighted by Gasteiger charge is -2.40. The third kappa shape index (κ3) is 3.26. The molecule has 2 aliphatic rings. The van der Waals surface area contributed by atoms with Gasteiger partial charge in [0.05, 0.1) is 18.4 Å². The summed E-state index contributed by atoms with van der Waals surface area (Å²) in [6.45, 7) is 4.74. The van der Waals surface area contributed by atoms with Crippen molar-refractivity contribution in [3.05, 3.63) is 29.6 Å². The van der Waals surface area contributed by atoms with Gasteiger partial charge in [-0.3, -0.25) is 4.90 Å². The van der Waals surface area contributed by atoms with Crippen molar-refractivity contribution in [1.29, 1.82) is 0 Å². The zero-order valence-electron chi connectivity index (χ0n) is 14.0. The van der Waals surface area contributed by atoms with Crippen LogP contribution in [-0.2, 0) is 11.3 Å². The van der Waals surface area contributed by atoms with E-state index in [1.807, 2.05) is 12.1 Å². The monoisotopic (exact) mass is 318 g/mol. The smallest absolute Gasteiger partial charge is 0.356 e. The Morgan fingerprint density at radius 3 is 3.04 bits per heavy atom. The first-order chi connectivity index (χ1) is 11.1. The molecule has 5 nitrogen and oxygen atoms in total. The van der Waals surface area contributed by atoms with Crippen molar-refractivity contribution in [2.75, 3.05) is 20.2 Å². The molecule has 0 unspecified atom stereocenters. The summed E-state index contributed by atoms with van der Waals surface area (Å²) in [5.41, 5.74) is 0.733. The molecule has 1 aliphatic carbocycles. The topological polar surface area (TPSA) is 62.7 Å². The summed E-state index contributed by atoms with van der Waals surface area (Å²) >= 11 is 0. The van der Waals surface area contributed by atoms with E-state index in [1.54, 1.807) is 6.07 Å². The van der Waals surface area contributed by atoms with Gasteiger partial charge in [0.15, 0.2) is 0 Å². The largest absolute Gasteiger partial charge is 0.464 e. The average Bonchev–Trinajstić information content (AvgIpc) is 2.98. The average molecular weight is 318 g/mol. The number of hydrogen-bond acceptors (Lipinski definition) is 5. The lowest BCUT2D eigenvalue weighted by molar-refractivity contribution is -0.0613. The van der Waals surface area contributed by atoms with Crippen molar-refractivity contribution in [2.24, 2.45) is 11.8 Å². The van der Waals surface area contributed by atoms with Gasteiger partial charge in [0, 0.05) is 25.6 Å². The highest BCUT2D eigenvalue weighted by atomic mass is 16.5. The van der Waals surface area contributed by atoms with Crippen LogP contribution in [0.1, 0.15) is 48.8 Å². The van der Waals surface area contributed by atoms with Gasteiger partial charge in [0.2, 0.25) is 0 Å². The van der Waals surface area contributed by atoms with Crippen LogP contribution in [0.5, 0.6) is 0 Å². The molecule has 1 saturated carbocycles. The van der Waals surface area contributed by atoms with Crippen molar-refractivity contribution in [2.45, 2.75) is 44.8 Å². The third-order valence-corrected chi connectivity index (χ3v) is 5.59. The molecule has 1 saturated heterocycles. The first-order valence-electron chi connectivity index (χ1n) is 8.54. The quantitative estimate of drug-likeness (QED) is 0.863. The van der Waals surface area contributed by atoms with Gasteiger partial charge in [0.1, 0.15) is 5.69 Å². The van der Waals surface area contributed by atoms with Crippen molar-refractivity contribution in [3.63, 3.8) is 0 Å². The summed E-state index contributed by atoms with van der Waals surface area (Å²) < 4.78 is 4.73. The Hall–Kier alpha value is -1.46. The van der Waals surface area contributed by atoms with Crippen molar-refractivity contribution >= 4 is 5.97 Å².